The highest BCUT2D eigenvalue weighted by molar-refractivity contribution is 7.80. The Hall–Kier alpha value is -1.55. The second kappa shape index (κ2) is 46.5. The van der Waals surface area contributed by atoms with E-state index < -0.39 is 103 Å². The molecule has 0 radical (unpaired) electrons. The Morgan fingerprint density at radius 2 is 0.824 bits per heavy atom. The molecule has 0 aliphatic carbocycles. The van der Waals surface area contributed by atoms with Crippen LogP contribution in [0.5, 0.6) is 0 Å². The summed E-state index contributed by atoms with van der Waals surface area (Å²) in [5.41, 5.74) is 0. The average Bonchev–Trinajstić information content (AvgIpc) is 1.69. The SMILES string of the molecule is CCCCCCCCCCCCCCCCCC(=O)OC1C(O)C(CO)OC(OC2OC(CO)C(O)C(O)C2OS(=O)(=O)O)C1OC(=O)C(C)CC(C)CC(C)CC(C)CC(C)CC(C)CC(C)C(O)CCCCCCCCCCCCCCC. The van der Waals surface area contributed by atoms with Crippen LogP contribution in [0.3, 0.4) is 0 Å². The normalized spacial score (nSPS) is 25.8. The second-order valence-electron chi connectivity index (χ2n) is 27.0. The molecule has 2 heterocycles. The van der Waals surface area contributed by atoms with Crippen molar-refractivity contribution >= 4 is 22.3 Å². The van der Waals surface area contributed by atoms with E-state index in [1.807, 2.05) is 0 Å². The Morgan fingerprint density at radius 3 is 1.24 bits per heavy atom. The Labute approximate surface area is 516 Å². The van der Waals surface area contributed by atoms with E-state index in [-0.39, 0.29) is 24.4 Å². The number of aliphatic hydroxyl groups excluding tert-OH is 6. The van der Waals surface area contributed by atoms with Gasteiger partial charge in [-0.05, 0) is 86.9 Å². The number of esters is 2. The molecule has 18 heteroatoms. The van der Waals surface area contributed by atoms with Gasteiger partial charge < -0.3 is 54.3 Å². The van der Waals surface area contributed by atoms with E-state index in [9.17, 15) is 53.2 Å². The van der Waals surface area contributed by atoms with Crippen molar-refractivity contribution in [2.45, 2.75) is 361 Å². The standard InChI is InChI=1S/C67H128O17S/c1-10-12-14-16-18-20-22-24-25-27-29-31-33-35-37-39-58(71)81-62-60(73)57(47-69)80-67(83-66-63(84-85(76,77)78)61(74)59(72)56(46-68)79-66)64(62)82-65(75)54(9)45-52(7)43-50(5)41-48(3)40-49(4)42-51(6)44-53(8)55(70)38-36-34-32-30-28-26-23-21-19-17-15-13-11-2/h48-57,59-64,66-70,72-74H,10-47H2,1-9H3,(H,76,77,78). The fraction of sp³-hybridized carbons (Fsp3) is 0.970. The number of aliphatic hydroxyl groups is 6. The predicted molar refractivity (Wildman–Crippen MR) is 334 cm³/mol. The van der Waals surface area contributed by atoms with Crippen LogP contribution in [0.4, 0.5) is 0 Å². The summed E-state index contributed by atoms with van der Waals surface area (Å²) in [4.78, 5) is 27.7. The number of hydrogen-bond acceptors (Lipinski definition) is 16. The van der Waals surface area contributed by atoms with E-state index in [2.05, 4.69) is 59.6 Å². The molecule has 0 spiro atoms. The maximum Gasteiger partial charge on any atom is 0.397 e. The minimum Gasteiger partial charge on any atom is -0.455 e. The van der Waals surface area contributed by atoms with E-state index in [1.54, 1.807) is 6.92 Å². The summed E-state index contributed by atoms with van der Waals surface area (Å²) < 4.78 is 67.5. The highest BCUT2D eigenvalue weighted by Crippen LogP contribution is 2.35. The van der Waals surface area contributed by atoms with Crippen molar-refractivity contribution in [3.8, 4) is 0 Å². The minimum atomic E-state index is -5.33. The van der Waals surface area contributed by atoms with E-state index >= 15 is 0 Å². The van der Waals surface area contributed by atoms with Crippen LogP contribution >= 0.6 is 0 Å². The minimum absolute atomic E-state index is 0.0246. The van der Waals surface area contributed by atoms with Gasteiger partial charge in [0.1, 0.15) is 30.5 Å². The molecule has 85 heavy (non-hydrogen) atoms. The van der Waals surface area contributed by atoms with E-state index in [0.717, 1.165) is 70.6 Å². The van der Waals surface area contributed by atoms with Crippen molar-refractivity contribution in [3.63, 3.8) is 0 Å². The van der Waals surface area contributed by atoms with Gasteiger partial charge in [0.15, 0.2) is 24.6 Å². The topological polar surface area (TPSA) is 265 Å². The van der Waals surface area contributed by atoms with Gasteiger partial charge in [0.2, 0.25) is 6.29 Å². The van der Waals surface area contributed by atoms with Gasteiger partial charge in [0.05, 0.1) is 25.2 Å². The average molecular weight is 1240 g/mol. The van der Waals surface area contributed by atoms with Crippen LogP contribution in [0.1, 0.15) is 293 Å². The molecular formula is C67H128O17S. The van der Waals surface area contributed by atoms with E-state index in [0.29, 0.717) is 36.5 Å². The highest BCUT2D eigenvalue weighted by Gasteiger charge is 2.55. The Kier molecular flexibility index (Phi) is 43.5. The maximum absolute atomic E-state index is 14.2. The molecule has 0 aromatic rings. The number of carbonyl (C=O) groups excluding carboxylic acids is 2. The zero-order valence-electron chi connectivity index (χ0n) is 54.9. The van der Waals surface area contributed by atoms with Crippen LogP contribution in [-0.4, -0.2) is 136 Å². The van der Waals surface area contributed by atoms with Crippen LogP contribution < -0.4 is 0 Å². The van der Waals surface area contributed by atoms with Crippen molar-refractivity contribution in [3.05, 3.63) is 0 Å². The zero-order chi connectivity index (χ0) is 63.2. The Balaban J connectivity index is 1.99. The monoisotopic (exact) mass is 1240 g/mol. The van der Waals surface area contributed by atoms with Gasteiger partial charge in [-0.1, -0.05) is 236 Å². The molecule has 18 atom stereocenters. The van der Waals surface area contributed by atoms with Crippen LogP contribution in [0, 0.1) is 41.4 Å². The van der Waals surface area contributed by atoms with Crippen molar-refractivity contribution in [2.24, 2.45) is 41.4 Å². The molecule has 2 rings (SSSR count). The summed E-state index contributed by atoms with van der Waals surface area (Å²) in [5, 5.41) is 64.3. The first kappa shape index (κ1) is 79.5. The van der Waals surface area contributed by atoms with E-state index in [4.69, 9.17) is 23.7 Å². The zero-order valence-corrected chi connectivity index (χ0v) is 55.7. The van der Waals surface area contributed by atoms with Crippen molar-refractivity contribution in [2.75, 3.05) is 13.2 Å². The Morgan fingerprint density at radius 1 is 0.459 bits per heavy atom. The molecule has 504 valence electrons. The van der Waals surface area contributed by atoms with Crippen LogP contribution in [0.2, 0.25) is 0 Å². The summed E-state index contributed by atoms with van der Waals surface area (Å²) in [6.07, 6.45) is 22.0. The van der Waals surface area contributed by atoms with E-state index in [1.165, 1.54) is 141 Å². The van der Waals surface area contributed by atoms with Gasteiger partial charge >= 0.3 is 22.3 Å². The lowest BCUT2D eigenvalue weighted by Gasteiger charge is -2.46. The van der Waals surface area contributed by atoms with Gasteiger partial charge in [-0.3, -0.25) is 14.1 Å². The molecule has 17 nitrogen and oxygen atoms in total. The lowest BCUT2D eigenvalue weighted by Crippen LogP contribution is -2.65. The molecule has 0 aromatic heterocycles. The number of carbonyl (C=O) groups is 2. The number of unbranched alkanes of at least 4 members (excludes halogenated alkanes) is 26. The molecule has 0 aromatic carbocycles. The first-order chi connectivity index (χ1) is 40.5. The summed E-state index contributed by atoms with van der Waals surface area (Å²) in [7, 11) is -5.33. The molecule has 2 fully saturated rings. The van der Waals surface area contributed by atoms with Crippen LogP contribution in [-0.2, 0) is 47.9 Å². The second-order valence-corrected chi connectivity index (χ2v) is 28.1. The third-order valence-corrected chi connectivity index (χ3v) is 18.5. The summed E-state index contributed by atoms with van der Waals surface area (Å²) in [6.45, 7) is 17.9. The maximum atomic E-state index is 14.2. The van der Waals surface area contributed by atoms with Gasteiger partial charge in [0.25, 0.3) is 0 Å². The smallest absolute Gasteiger partial charge is 0.397 e. The number of ether oxygens (including phenoxy) is 5. The van der Waals surface area contributed by atoms with Crippen molar-refractivity contribution < 1.29 is 81.1 Å². The molecule has 2 aliphatic rings. The quantitative estimate of drug-likeness (QED) is 0.0170. The lowest BCUT2D eigenvalue weighted by atomic mass is 9.80. The summed E-state index contributed by atoms with van der Waals surface area (Å²) in [6, 6.07) is 0. The number of rotatable bonds is 52. The first-order valence-corrected chi connectivity index (χ1v) is 35.9. The molecule has 7 N–H and O–H groups in total. The molecule has 0 bridgehead atoms. The predicted octanol–water partition coefficient (Wildman–Crippen LogP) is 13.4. The molecule has 0 amide bonds. The van der Waals surface area contributed by atoms with Crippen molar-refractivity contribution in [1.29, 1.82) is 0 Å². The third kappa shape index (κ3) is 35.0. The molecular weight excluding hydrogens is 1110 g/mol. The summed E-state index contributed by atoms with van der Waals surface area (Å²) >= 11 is 0. The van der Waals surface area contributed by atoms with Gasteiger partial charge in [0, 0.05) is 6.42 Å². The fourth-order valence-electron chi connectivity index (χ4n) is 13.4. The van der Waals surface area contributed by atoms with Gasteiger partial charge in [-0.25, -0.2) is 4.18 Å². The Bertz CT molecular complexity index is 1780. The molecule has 0 saturated carbocycles. The third-order valence-electron chi connectivity index (χ3n) is 18.0. The van der Waals surface area contributed by atoms with Gasteiger partial charge in [-0.15, -0.1) is 0 Å². The summed E-state index contributed by atoms with van der Waals surface area (Å²) in [5.74, 6) is 0.0457. The first-order valence-electron chi connectivity index (χ1n) is 34.5. The van der Waals surface area contributed by atoms with Crippen LogP contribution in [0.15, 0.2) is 0 Å². The molecule has 2 saturated heterocycles. The molecule has 2 aliphatic heterocycles. The highest BCUT2D eigenvalue weighted by atomic mass is 32.3. The largest absolute Gasteiger partial charge is 0.455 e. The lowest BCUT2D eigenvalue weighted by molar-refractivity contribution is -0.374. The molecule has 18 unspecified atom stereocenters. The number of hydrogen-bond donors (Lipinski definition) is 7. The van der Waals surface area contributed by atoms with Gasteiger partial charge in [-0.2, -0.15) is 8.42 Å². The van der Waals surface area contributed by atoms with Crippen LogP contribution in [0.25, 0.3) is 0 Å². The van der Waals surface area contributed by atoms with Crippen molar-refractivity contribution in [1.82, 2.24) is 0 Å². The fourth-order valence-corrected chi connectivity index (χ4v) is 13.9.